The summed E-state index contributed by atoms with van der Waals surface area (Å²) in [6.07, 6.45) is 2.02. The average molecular weight is 345 g/mol. The van der Waals surface area contributed by atoms with Crippen molar-refractivity contribution < 1.29 is 18.7 Å². The van der Waals surface area contributed by atoms with Gasteiger partial charge < -0.3 is 15.0 Å². The van der Waals surface area contributed by atoms with E-state index in [1.165, 1.54) is 17.0 Å². The molecule has 0 spiro atoms. The molecule has 1 fully saturated rings. The van der Waals surface area contributed by atoms with Crippen molar-refractivity contribution in [2.45, 2.75) is 25.0 Å². The van der Waals surface area contributed by atoms with Gasteiger partial charge in [-0.3, -0.25) is 9.69 Å². The van der Waals surface area contributed by atoms with Gasteiger partial charge in [-0.2, -0.15) is 0 Å². The van der Waals surface area contributed by atoms with Gasteiger partial charge in [-0.15, -0.1) is 0 Å². The highest BCUT2D eigenvalue weighted by atomic mass is 19.1. The van der Waals surface area contributed by atoms with E-state index in [-0.39, 0.29) is 23.9 Å². The van der Waals surface area contributed by atoms with Crippen LogP contribution < -0.4 is 5.32 Å². The molecule has 3 aliphatic rings. The van der Waals surface area contributed by atoms with Crippen LogP contribution in [0.3, 0.4) is 0 Å². The number of nitrogens with zero attached hydrogens (tertiary/aromatic N) is 2. The number of rotatable bonds is 3. The average Bonchev–Trinajstić information content (AvgIpc) is 3.22. The molecule has 1 saturated heterocycles. The number of benzene rings is 1. The Bertz CT molecular complexity index is 740. The highest BCUT2D eigenvalue weighted by molar-refractivity contribution is 6.01. The number of carbonyl (C=O) groups is 2. The molecule has 0 bridgehead atoms. The van der Waals surface area contributed by atoms with Crippen molar-refractivity contribution in [2.75, 3.05) is 26.7 Å². The molecule has 3 amide bonds. The third-order valence-electron chi connectivity index (χ3n) is 5.09. The molecule has 2 atom stereocenters. The number of urea groups is 1. The number of nitrogens with one attached hydrogen (secondary N) is 1. The van der Waals surface area contributed by atoms with E-state index in [9.17, 15) is 14.0 Å². The summed E-state index contributed by atoms with van der Waals surface area (Å²) in [5.74, 6) is -0.443. The number of halogens is 1. The van der Waals surface area contributed by atoms with Crippen LogP contribution in [-0.4, -0.2) is 54.6 Å². The lowest BCUT2D eigenvalue weighted by Crippen LogP contribution is -2.45. The molecule has 0 aromatic heterocycles. The molecule has 1 aromatic rings. The van der Waals surface area contributed by atoms with Crippen LogP contribution >= 0.6 is 0 Å². The van der Waals surface area contributed by atoms with E-state index in [4.69, 9.17) is 4.74 Å². The number of likely N-dealkylation sites (N-methyl/N-ethyl adjacent to an activating group) is 1. The smallest absolute Gasteiger partial charge is 0.322 e. The van der Waals surface area contributed by atoms with Crippen molar-refractivity contribution in [3.05, 3.63) is 46.9 Å². The molecule has 7 heteroatoms. The van der Waals surface area contributed by atoms with Crippen LogP contribution in [0.4, 0.5) is 9.18 Å². The van der Waals surface area contributed by atoms with Gasteiger partial charge in [0.05, 0.1) is 30.0 Å². The van der Waals surface area contributed by atoms with Gasteiger partial charge in [-0.25, -0.2) is 9.18 Å². The molecule has 1 aromatic carbocycles. The summed E-state index contributed by atoms with van der Waals surface area (Å²) >= 11 is 0. The maximum atomic E-state index is 13.2. The molecule has 2 unspecified atom stereocenters. The molecule has 132 valence electrons. The van der Waals surface area contributed by atoms with Gasteiger partial charge >= 0.3 is 6.03 Å². The minimum Gasteiger partial charge on any atom is -0.376 e. The molecule has 3 heterocycles. The minimum absolute atomic E-state index is 0.0588. The van der Waals surface area contributed by atoms with Crippen LogP contribution in [0.15, 0.2) is 35.5 Å². The Morgan fingerprint density at radius 3 is 2.72 bits per heavy atom. The maximum absolute atomic E-state index is 13.2. The molecule has 3 aliphatic heterocycles. The highest BCUT2D eigenvalue weighted by Crippen LogP contribution is 2.36. The van der Waals surface area contributed by atoms with Crippen molar-refractivity contribution in [3.8, 4) is 0 Å². The predicted molar refractivity (Wildman–Crippen MR) is 88.0 cm³/mol. The van der Waals surface area contributed by atoms with Gasteiger partial charge in [-0.1, -0.05) is 12.1 Å². The van der Waals surface area contributed by atoms with Crippen LogP contribution in [0.25, 0.3) is 0 Å². The number of hydrogen-bond acceptors (Lipinski definition) is 3. The SMILES string of the molecule is CN1C(=O)NC(c2ccc(F)cc2)C2=C1CN(CC1CCCO1)C2=O. The van der Waals surface area contributed by atoms with E-state index in [2.05, 4.69) is 5.32 Å². The van der Waals surface area contributed by atoms with E-state index in [1.807, 2.05) is 0 Å². The lowest BCUT2D eigenvalue weighted by atomic mass is 9.96. The topological polar surface area (TPSA) is 61.9 Å². The van der Waals surface area contributed by atoms with Crippen molar-refractivity contribution in [2.24, 2.45) is 0 Å². The number of amides is 3. The molecule has 0 radical (unpaired) electrons. The molecule has 6 nitrogen and oxygen atoms in total. The van der Waals surface area contributed by atoms with Crippen molar-refractivity contribution in [1.29, 1.82) is 0 Å². The first-order chi connectivity index (χ1) is 12.0. The summed E-state index contributed by atoms with van der Waals surface area (Å²) in [6, 6.07) is 5.06. The number of carbonyl (C=O) groups excluding carboxylic acids is 2. The first-order valence-electron chi connectivity index (χ1n) is 8.48. The molecule has 4 rings (SSSR count). The van der Waals surface area contributed by atoms with Crippen molar-refractivity contribution >= 4 is 11.9 Å². The Morgan fingerprint density at radius 2 is 2.04 bits per heavy atom. The predicted octanol–water partition coefficient (Wildman–Crippen LogP) is 1.80. The zero-order chi connectivity index (χ0) is 17.6. The molecule has 0 saturated carbocycles. The fourth-order valence-electron chi connectivity index (χ4n) is 3.71. The first kappa shape index (κ1) is 16.1. The molecule has 0 aliphatic carbocycles. The summed E-state index contributed by atoms with van der Waals surface area (Å²) < 4.78 is 18.9. The van der Waals surface area contributed by atoms with Gasteiger partial charge in [0.2, 0.25) is 0 Å². The number of hydrogen-bond donors (Lipinski definition) is 1. The third kappa shape index (κ3) is 2.78. The van der Waals surface area contributed by atoms with E-state index in [0.717, 1.165) is 19.4 Å². The van der Waals surface area contributed by atoms with Crippen molar-refractivity contribution in [1.82, 2.24) is 15.1 Å². The Kier molecular flexibility index (Phi) is 3.95. The van der Waals surface area contributed by atoms with Crippen LogP contribution in [0.1, 0.15) is 24.4 Å². The van der Waals surface area contributed by atoms with Gasteiger partial charge in [0.25, 0.3) is 5.91 Å². The largest absolute Gasteiger partial charge is 0.376 e. The van der Waals surface area contributed by atoms with Gasteiger partial charge in [0.1, 0.15) is 5.82 Å². The summed E-state index contributed by atoms with van der Waals surface area (Å²) in [5, 5.41) is 2.85. The van der Waals surface area contributed by atoms with Gasteiger partial charge in [-0.05, 0) is 30.5 Å². The fraction of sp³-hybridized carbons (Fsp3) is 0.444. The standard InChI is InChI=1S/C18H20FN3O3/c1-21-14-10-22(9-13-3-2-8-25-13)17(23)15(14)16(20-18(21)24)11-4-6-12(19)7-5-11/h4-7,13,16H,2-3,8-10H2,1H3,(H,20,24). The molecule has 1 N–H and O–H groups in total. The molecular weight excluding hydrogens is 325 g/mol. The third-order valence-corrected chi connectivity index (χ3v) is 5.09. The van der Waals surface area contributed by atoms with E-state index >= 15 is 0 Å². The second kappa shape index (κ2) is 6.15. The Labute approximate surface area is 145 Å². The van der Waals surface area contributed by atoms with E-state index in [0.29, 0.717) is 29.9 Å². The highest BCUT2D eigenvalue weighted by Gasteiger charge is 2.43. The first-order valence-corrected chi connectivity index (χ1v) is 8.48. The lowest BCUT2D eigenvalue weighted by molar-refractivity contribution is -0.127. The van der Waals surface area contributed by atoms with Crippen LogP contribution in [-0.2, 0) is 9.53 Å². The second-order valence-corrected chi connectivity index (χ2v) is 6.67. The summed E-state index contributed by atoms with van der Waals surface area (Å²) in [4.78, 5) is 28.5. The molecular formula is C18H20FN3O3. The van der Waals surface area contributed by atoms with E-state index < -0.39 is 6.04 Å². The van der Waals surface area contributed by atoms with Crippen LogP contribution in [0, 0.1) is 5.82 Å². The summed E-state index contributed by atoms with van der Waals surface area (Å²) in [6.45, 7) is 1.66. The quantitative estimate of drug-likeness (QED) is 0.909. The summed E-state index contributed by atoms with van der Waals surface area (Å²) in [7, 11) is 1.66. The normalized spacial score (nSPS) is 26.3. The summed E-state index contributed by atoms with van der Waals surface area (Å²) in [5.41, 5.74) is 1.97. The van der Waals surface area contributed by atoms with Gasteiger partial charge in [0, 0.05) is 20.2 Å². The van der Waals surface area contributed by atoms with Crippen LogP contribution in [0.5, 0.6) is 0 Å². The second-order valence-electron chi connectivity index (χ2n) is 6.67. The zero-order valence-corrected chi connectivity index (χ0v) is 14.0. The van der Waals surface area contributed by atoms with Crippen molar-refractivity contribution in [3.63, 3.8) is 0 Å². The Morgan fingerprint density at radius 1 is 1.28 bits per heavy atom. The Hall–Kier alpha value is -2.41. The fourth-order valence-corrected chi connectivity index (χ4v) is 3.71. The number of ether oxygens (including phenoxy) is 1. The zero-order valence-electron chi connectivity index (χ0n) is 14.0. The van der Waals surface area contributed by atoms with E-state index in [1.54, 1.807) is 24.1 Å². The lowest BCUT2D eigenvalue weighted by Gasteiger charge is -2.31. The van der Waals surface area contributed by atoms with Crippen LogP contribution in [0.2, 0.25) is 0 Å². The molecule has 25 heavy (non-hydrogen) atoms. The Balaban J connectivity index is 1.64. The monoisotopic (exact) mass is 345 g/mol. The minimum atomic E-state index is -0.554. The maximum Gasteiger partial charge on any atom is 0.322 e. The van der Waals surface area contributed by atoms with Gasteiger partial charge in [0.15, 0.2) is 0 Å².